The van der Waals surface area contributed by atoms with Gasteiger partial charge in [-0.05, 0) is 37.4 Å². The second-order valence-electron chi connectivity index (χ2n) is 5.16. The van der Waals surface area contributed by atoms with E-state index in [9.17, 15) is 4.79 Å². The molecule has 0 amide bonds. The summed E-state index contributed by atoms with van der Waals surface area (Å²) in [5.74, 6) is 0.878. The fraction of sp³-hybridized carbons (Fsp3) is 0.235. The molecular formula is C17H16ClN3OS2. The van der Waals surface area contributed by atoms with Crippen LogP contribution in [-0.4, -0.2) is 25.8 Å². The van der Waals surface area contributed by atoms with Gasteiger partial charge in [-0.1, -0.05) is 41.6 Å². The quantitative estimate of drug-likeness (QED) is 0.445. The molecular weight excluding hydrogens is 362 g/mol. The summed E-state index contributed by atoms with van der Waals surface area (Å²) >= 11 is 9.03. The first-order valence-corrected chi connectivity index (χ1v) is 9.67. The van der Waals surface area contributed by atoms with Crippen molar-refractivity contribution in [2.75, 3.05) is 0 Å². The third-order valence-electron chi connectivity index (χ3n) is 3.54. The van der Waals surface area contributed by atoms with Crippen molar-refractivity contribution >= 4 is 40.5 Å². The number of aromatic nitrogens is 3. The molecule has 7 heteroatoms. The fourth-order valence-electron chi connectivity index (χ4n) is 2.34. The summed E-state index contributed by atoms with van der Waals surface area (Å²) in [7, 11) is 0. The van der Waals surface area contributed by atoms with Gasteiger partial charge < -0.3 is 4.57 Å². The van der Waals surface area contributed by atoms with E-state index < -0.39 is 0 Å². The highest BCUT2D eigenvalue weighted by Crippen LogP contribution is 2.30. The van der Waals surface area contributed by atoms with Gasteiger partial charge in [0.25, 0.3) is 0 Å². The molecule has 124 valence electrons. The molecule has 1 aromatic carbocycles. The Hall–Kier alpha value is -1.63. The molecule has 0 fully saturated rings. The van der Waals surface area contributed by atoms with Gasteiger partial charge in [0.2, 0.25) is 0 Å². The molecule has 2 heterocycles. The van der Waals surface area contributed by atoms with Gasteiger partial charge >= 0.3 is 0 Å². The minimum Gasteiger partial charge on any atom is -0.302 e. The first-order valence-electron chi connectivity index (χ1n) is 7.53. The van der Waals surface area contributed by atoms with Crippen LogP contribution in [0.1, 0.15) is 24.2 Å². The van der Waals surface area contributed by atoms with Crippen LogP contribution >= 0.6 is 34.7 Å². The van der Waals surface area contributed by atoms with Crippen molar-refractivity contribution < 1.29 is 4.79 Å². The summed E-state index contributed by atoms with van der Waals surface area (Å²) in [4.78, 5) is 13.7. The van der Waals surface area contributed by atoms with Crippen molar-refractivity contribution in [2.24, 2.45) is 0 Å². The number of carbonyl (C=O) groups excluding carboxylic acids is 1. The van der Waals surface area contributed by atoms with E-state index in [2.05, 4.69) is 10.2 Å². The number of ketones is 1. The number of rotatable bonds is 6. The minimum absolute atomic E-state index is 0.0332. The molecule has 3 rings (SSSR count). The van der Waals surface area contributed by atoms with Gasteiger partial charge in [0.15, 0.2) is 16.8 Å². The maximum absolute atomic E-state index is 12.6. The monoisotopic (exact) mass is 377 g/mol. The number of hydrogen-bond acceptors (Lipinski definition) is 5. The highest BCUT2D eigenvalue weighted by atomic mass is 35.5. The van der Waals surface area contributed by atoms with Crippen LogP contribution < -0.4 is 0 Å². The summed E-state index contributed by atoms with van der Waals surface area (Å²) in [5.41, 5.74) is 0.614. The Morgan fingerprint density at radius 3 is 2.83 bits per heavy atom. The summed E-state index contributed by atoms with van der Waals surface area (Å²) in [5, 5.41) is 11.6. The Balaban J connectivity index is 1.82. The lowest BCUT2D eigenvalue weighted by Crippen LogP contribution is -2.14. The van der Waals surface area contributed by atoms with E-state index in [0.717, 1.165) is 22.4 Å². The highest BCUT2D eigenvalue weighted by Gasteiger charge is 2.21. The van der Waals surface area contributed by atoms with Gasteiger partial charge in [-0.2, -0.15) is 0 Å². The molecule has 0 bridgehead atoms. The van der Waals surface area contributed by atoms with Gasteiger partial charge in [0, 0.05) is 17.1 Å². The molecule has 4 nitrogen and oxygen atoms in total. The number of benzene rings is 1. The first kappa shape index (κ1) is 17.2. The molecule has 2 aromatic heterocycles. The zero-order valence-electron chi connectivity index (χ0n) is 13.3. The summed E-state index contributed by atoms with van der Waals surface area (Å²) < 4.78 is 2.04. The topological polar surface area (TPSA) is 47.8 Å². The van der Waals surface area contributed by atoms with Crippen LogP contribution in [0.25, 0.3) is 10.7 Å². The number of Topliss-reactive ketones (excluding diaryl/α,β-unsaturated/α-hetero) is 1. The SMILES string of the molecule is CCn1c(SC(C)C(=O)c2cccc(Cl)c2)nnc1-c1cccs1. The molecule has 0 aliphatic rings. The van der Waals surface area contributed by atoms with E-state index in [4.69, 9.17) is 11.6 Å². The van der Waals surface area contributed by atoms with E-state index in [1.54, 1.807) is 35.6 Å². The third-order valence-corrected chi connectivity index (χ3v) is 5.72. The molecule has 1 atom stereocenters. The number of nitrogens with zero attached hydrogens (tertiary/aromatic N) is 3. The standard InChI is InChI=1S/C17H16ClN3OS2/c1-3-21-16(14-8-5-9-23-14)19-20-17(21)24-11(2)15(22)12-6-4-7-13(18)10-12/h4-11H,3H2,1-2H3. The molecule has 0 spiro atoms. The summed E-state index contributed by atoms with van der Waals surface area (Å²) in [6.07, 6.45) is 0. The molecule has 0 radical (unpaired) electrons. The van der Waals surface area contributed by atoms with Crippen molar-refractivity contribution in [1.29, 1.82) is 0 Å². The van der Waals surface area contributed by atoms with Crippen LogP contribution in [0.4, 0.5) is 0 Å². The molecule has 3 aromatic rings. The van der Waals surface area contributed by atoms with Crippen LogP contribution in [0, 0.1) is 0 Å². The maximum atomic E-state index is 12.6. The molecule has 0 N–H and O–H groups in total. The Morgan fingerprint density at radius 1 is 1.33 bits per heavy atom. The third kappa shape index (κ3) is 3.55. The fourth-order valence-corrected chi connectivity index (χ4v) is 4.23. The number of halogens is 1. The van der Waals surface area contributed by atoms with Crippen LogP contribution in [0.3, 0.4) is 0 Å². The van der Waals surface area contributed by atoms with E-state index in [-0.39, 0.29) is 11.0 Å². The zero-order valence-corrected chi connectivity index (χ0v) is 15.7. The molecule has 24 heavy (non-hydrogen) atoms. The Kier molecular flexibility index (Phi) is 5.38. The predicted octanol–water partition coefficient (Wildman–Crippen LogP) is 5.04. The number of thiophene rings is 1. The normalized spacial score (nSPS) is 12.3. The van der Waals surface area contributed by atoms with Crippen molar-refractivity contribution in [1.82, 2.24) is 14.8 Å². The Morgan fingerprint density at radius 2 is 2.17 bits per heavy atom. The van der Waals surface area contributed by atoms with Crippen LogP contribution in [0.15, 0.2) is 46.9 Å². The van der Waals surface area contributed by atoms with Crippen molar-refractivity contribution in [3.63, 3.8) is 0 Å². The minimum atomic E-state index is -0.269. The largest absolute Gasteiger partial charge is 0.302 e. The zero-order chi connectivity index (χ0) is 17.1. The number of carbonyl (C=O) groups is 1. The average molecular weight is 378 g/mol. The average Bonchev–Trinajstić information content (AvgIpc) is 3.23. The summed E-state index contributed by atoms with van der Waals surface area (Å²) in [6.45, 7) is 4.68. The van der Waals surface area contributed by atoms with E-state index in [1.165, 1.54) is 11.8 Å². The molecule has 0 aliphatic carbocycles. The second kappa shape index (κ2) is 7.51. The van der Waals surface area contributed by atoms with E-state index in [1.807, 2.05) is 35.9 Å². The van der Waals surface area contributed by atoms with Crippen molar-refractivity contribution in [3.05, 3.63) is 52.4 Å². The number of thioether (sulfide) groups is 1. The first-order chi connectivity index (χ1) is 11.6. The lowest BCUT2D eigenvalue weighted by Gasteiger charge is -2.11. The smallest absolute Gasteiger partial charge is 0.192 e. The Labute approximate surface area is 153 Å². The lowest BCUT2D eigenvalue weighted by molar-refractivity contribution is 0.0994. The Bertz CT molecular complexity index is 845. The van der Waals surface area contributed by atoms with E-state index >= 15 is 0 Å². The predicted molar refractivity (Wildman–Crippen MR) is 100 cm³/mol. The summed E-state index contributed by atoms with van der Waals surface area (Å²) in [6, 6.07) is 11.0. The van der Waals surface area contributed by atoms with Crippen LogP contribution in [-0.2, 0) is 6.54 Å². The highest BCUT2D eigenvalue weighted by molar-refractivity contribution is 8.00. The van der Waals surface area contributed by atoms with Crippen LogP contribution in [0.5, 0.6) is 0 Å². The maximum Gasteiger partial charge on any atom is 0.192 e. The molecule has 0 saturated heterocycles. The van der Waals surface area contributed by atoms with Gasteiger partial charge in [0.05, 0.1) is 10.1 Å². The van der Waals surface area contributed by atoms with Gasteiger partial charge in [-0.25, -0.2) is 0 Å². The molecule has 0 saturated carbocycles. The molecule has 0 aliphatic heterocycles. The van der Waals surface area contributed by atoms with Gasteiger partial charge in [-0.15, -0.1) is 21.5 Å². The van der Waals surface area contributed by atoms with Crippen molar-refractivity contribution in [3.8, 4) is 10.7 Å². The lowest BCUT2D eigenvalue weighted by atomic mass is 10.1. The van der Waals surface area contributed by atoms with Crippen LogP contribution in [0.2, 0.25) is 5.02 Å². The number of hydrogen-bond donors (Lipinski definition) is 0. The molecule has 1 unspecified atom stereocenters. The van der Waals surface area contributed by atoms with E-state index in [0.29, 0.717) is 10.6 Å². The van der Waals surface area contributed by atoms with Gasteiger partial charge in [0.1, 0.15) is 0 Å². The second-order valence-corrected chi connectivity index (χ2v) is 7.85. The van der Waals surface area contributed by atoms with Crippen molar-refractivity contribution in [2.45, 2.75) is 30.8 Å². The van der Waals surface area contributed by atoms with Gasteiger partial charge in [-0.3, -0.25) is 4.79 Å².